The van der Waals surface area contributed by atoms with Crippen LogP contribution in [-0.4, -0.2) is 11.5 Å². The molecule has 96 valence electrons. The molecular formula is C14H24N2S. The highest BCUT2D eigenvalue weighted by atomic mass is 32.1. The van der Waals surface area contributed by atoms with Crippen LogP contribution in [-0.2, 0) is 0 Å². The van der Waals surface area contributed by atoms with Crippen LogP contribution < -0.4 is 5.32 Å². The molecule has 2 rings (SSSR count). The minimum absolute atomic E-state index is 0.487. The summed E-state index contributed by atoms with van der Waals surface area (Å²) in [6, 6.07) is 0.487. The van der Waals surface area contributed by atoms with Crippen LogP contribution in [0.3, 0.4) is 0 Å². The zero-order valence-electron chi connectivity index (χ0n) is 11.2. The minimum Gasteiger partial charge on any atom is -0.308 e. The lowest BCUT2D eigenvalue weighted by Crippen LogP contribution is -2.31. The lowest BCUT2D eigenvalue weighted by atomic mass is 9.78. The smallest absolute Gasteiger partial charge is 0.110 e. The van der Waals surface area contributed by atoms with E-state index in [-0.39, 0.29) is 0 Å². The fraction of sp³-hybridized carbons (Fsp3) is 0.786. The monoisotopic (exact) mass is 252 g/mol. The SMILES string of the molecule is CCNC(c1nc(C)cs1)C1CCCC(C)C1. The highest BCUT2D eigenvalue weighted by Gasteiger charge is 2.28. The van der Waals surface area contributed by atoms with Crippen molar-refractivity contribution < 1.29 is 0 Å². The molecule has 0 saturated heterocycles. The Labute approximate surface area is 109 Å². The van der Waals surface area contributed by atoms with E-state index in [1.54, 1.807) is 0 Å². The van der Waals surface area contributed by atoms with Crippen LogP contribution >= 0.6 is 11.3 Å². The van der Waals surface area contributed by atoms with Crippen molar-refractivity contribution >= 4 is 11.3 Å². The maximum atomic E-state index is 4.69. The number of aromatic nitrogens is 1. The second-order valence-electron chi connectivity index (χ2n) is 5.39. The quantitative estimate of drug-likeness (QED) is 0.878. The molecule has 2 nitrogen and oxygen atoms in total. The zero-order chi connectivity index (χ0) is 12.3. The molecular weight excluding hydrogens is 228 g/mol. The summed E-state index contributed by atoms with van der Waals surface area (Å²) in [6.07, 6.45) is 5.52. The van der Waals surface area contributed by atoms with E-state index < -0.39 is 0 Å². The van der Waals surface area contributed by atoms with Gasteiger partial charge in [0.05, 0.1) is 6.04 Å². The molecule has 0 radical (unpaired) electrons. The molecule has 1 aliphatic carbocycles. The first kappa shape index (κ1) is 13.0. The zero-order valence-corrected chi connectivity index (χ0v) is 12.0. The molecule has 3 heteroatoms. The fourth-order valence-corrected chi connectivity index (χ4v) is 3.94. The molecule has 1 aromatic rings. The summed E-state index contributed by atoms with van der Waals surface area (Å²) in [5.41, 5.74) is 1.16. The first-order valence-electron chi connectivity index (χ1n) is 6.86. The molecule has 0 bridgehead atoms. The molecule has 0 aromatic carbocycles. The van der Waals surface area contributed by atoms with Crippen molar-refractivity contribution in [2.75, 3.05) is 6.54 Å². The number of rotatable bonds is 4. The van der Waals surface area contributed by atoms with Crippen molar-refractivity contribution in [1.82, 2.24) is 10.3 Å². The molecule has 1 aromatic heterocycles. The van der Waals surface area contributed by atoms with E-state index in [1.165, 1.54) is 30.7 Å². The molecule has 1 saturated carbocycles. The molecule has 1 N–H and O–H groups in total. The van der Waals surface area contributed by atoms with Gasteiger partial charge in [-0.05, 0) is 38.1 Å². The first-order chi connectivity index (χ1) is 8.20. The number of hydrogen-bond acceptors (Lipinski definition) is 3. The number of aryl methyl sites for hydroxylation is 1. The lowest BCUT2D eigenvalue weighted by Gasteiger charge is -2.32. The van der Waals surface area contributed by atoms with Crippen LogP contribution in [0.4, 0.5) is 0 Å². The minimum atomic E-state index is 0.487. The second-order valence-corrected chi connectivity index (χ2v) is 6.28. The van der Waals surface area contributed by atoms with Crippen LogP contribution in [0.25, 0.3) is 0 Å². The normalized spacial score (nSPS) is 27.0. The lowest BCUT2D eigenvalue weighted by molar-refractivity contribution is 0.225. The first-order valence-corrected chi connectivity index (χ1v) is 7.74. The van der Waals surface area contributed by atoms with Crippen molar-refractivity contribution in [3.05, 3.63) is 16.1 Å². The highest BCUT2D eigenvalue weighted by molar-refractivity contribution is 7.09. The third kappa shape index (κ3) is 3.29. The standard InChI is InChI=1S/C14H24N2S/c1-4-15-13(14-16-11(3)9-17-14)12-7-5-6-10(2)8-12/h9-10,12-13,15H,4-8H2,1-3H3. The van der Waals surface area contributed by atoms with Crippen LogP contribution in [0.15, 0.2) is 5.38 Å². The Morgan fingerprint density at radius 2 is 2.35 bits per heavy atom. The molecule has 1 fully saturated rings. The molecule has 0 spiro atoms. The fourth-order valence-electron chi connectivity index (χ4n) is 2.97. The average molecular weight is 252 g/mol. The van der Waals surface area contributed by atoms with Crippen molar-refractivity contribution in [1.29, 1.82) is 0 Å². The second kappa shape index (κ2) is 5.96. The van der Waals surface area contributed by atoms with E-state index in [4.69, 9.17) is 0 Å². The van der Waals surface area contributed by atoms with Crippen molar-refractivity contribution in [3.63, 3.8) is 0 Å². The summed E-state index contributed by atoms with van der Waals surface area (Å²) in [5.74, 6) is 1.67. The summed E-state index contributed by atoms with van der Waals surface area (Å²) in [5, 5.41) is 7.12. The number of thiazole rings is 1. The van der Waals surface area contributed by atoms with E-state index >= 15 is 0 Å². The molecule has 0 amide bonds. The Balaban J connectivity index is 2.10. The molecule has 0 aliphatic heterocycles. The summed E-state index contributed by atoms with van der Waals surface area (Å²) in [6.45, 7) is 7.71. The van der Waals surface area contributed by atoms with Gasteiger partial charge in [0.15, 0.2) is 0 Å². The Kier molecular flexibility index (Phi) is 4.57. The Morgan fingerprint density at radius 1 is 1.53 bits per heavy atom. The van der Waals surface area contributed by atoms with E-state index in [9.17, 15) is 0 Å². The molecule has 3 atom stereocenters. The van der Waals surface area contributed by atoms with Crippen LogP contribution in [0.5, 0.6) is 0 Å². The van der Waals surface area contributed by atoms with Crippen molar-refractivity contribution in [3.8, 4) is 0 Å². The van der Waals surface area contributed by atoms with Gasteiger partial charge in [0.1, 0.15) is 5.01 Å². The van der Waals surface area contributed by atoms with Gasteiger partial charge in [0.25, 0.3) is 0 Å². The van der Waals surface area contributed by atoms with Gasteiger partial charge in [0.2, 0.25) is 0 Å². The maximum Gasteiger partial charge on any atom is 0.110 e. The topological polar surface area (TPSA) is 24.9 Å². The predicted octanol–water partition coefficient (Wildman–Crippen LogP) is 3.93. The highest BCUT2D eigenvalue weighted by Crippen LogP contribution is 2.37. The van der Waals surface area contributed by atoms with Crippen LogP contribution in [0.1, 0.15) is 56.3 Å². The third-order valence-electron chi connectivity index (χ3n) is 3.78. The van der Waals surface area contributed by atoms with E-state index in [0.29, 0.717) is 6.04 Å². The van der Waals surface area contributed by atoms with Gasteiger partial charge in [-0.3, -0.25) is 0 Å². The summed E-state index contributed by atoms with van der Waals surface area (Å²) < 4.78 is 0. The Hall–Kier alpha value is -0.410. The number of nitrogens with one attached hydrogen (secondary N) is 1. The number of nitrogens with zero attached hydrogens (tertiary/aromatic N) is 1. The van der Waals surface area contributed by atoms with Gasteiger partial charge >= 0.3 is 0 Å². The van der Waals surface area contributed by atoms with Crippen LogP contribution in [0, 0.1) is 18.8 Å². The Bertz CT molecular complexity index is 348. The summed E-state index contributed by atoms with van der Waals surface area (Å²) in [7, 11) is 0. The van der Waals surface area contributed by atoms with Gasteiger partial charge in [-0.15, -0.1) is 11.3 Å². The van der Waals surface area contributed by atoms with Gasteiger partial charge in [0, 0.05) is 11.1 Å². The molecule has 1 heterocycles. The summed E-state index contributed by atoms with van der Waals surface area (Å²) >= 11 is 1.82. The van der Waals surface area contributed by atoms with Crippen LogP contribution in [0.2, 0.25) is 0 Å². The van der Waals surface area contributed by atoms with Crippen molar-refractivity contribution in [2.45, 2.75) is 52.5 Å². The average Bonchev–Trinajstić information content (AvgIpc) is 2.72. The van der Waals surface area contributed by atoms with E-state index in [0.717, 1.165) is 24.1 Å². The largest absolute Gasteiger partial charge is 0.308 e. The molecule has 3 unspecified atom stereocenters. The van der Waals surface area contributed by atoms with Gasteiger partial charge in [-0.1, -0.05) is 26.7 Å². The van der Waals surface area contributed by atoms with E-state index in [1.807, 2.05) is 11.3 Å². The molecule has 1 aliphatic rings. The predicted molar refractivity (Wildman–Crippen MR) is 74.4 cm³/mol. The Morgan fingerprint density at radius 3 is 2.94 bits per heavy atom. The maximum absolute atomic E-state index is 4.69. The van der Waals surface area contributed by atoms with E-state index in [2.05, 4.69) is 36.5 Å². The van der Waals surface area contributed by atoms with Gasteiger partial charge in [-0.25, -0.2) is 4.98 Å². The molecule has 17 heavy (non-hydrogen) atoms. The summed E-state index contributed by atoms with van der Waals surface area (Å²) in [4.78, 5) is 4.69. The number of hydrogen-bond donors (Lipinski definition) is 1. The third-order valence-corrected chi connectivity index (χ3v) is 4.82. The van der Waals surface area contributed by atoms with Crippen molar-refractivity contribution in [2.24, 2.45) is 11.8 Å². The van der Waals surface area contributed by atoms with Gasteiger partial charge in [-0.2, -0.15) is 0 Å². The van der Waals surface area contributed by atoms with Gasteiger partial charge < -0.3 is 5.32 Å².